The van der Waals surface area contributed by atoms with Crippen LogP contribution in [0.5, 0.6) is 0 Å². The number of aryl methyl sites for hydroxylation is 1. The Hall–Kier alpha value is -1.09. The molecule has 2 atom stereocenters. The first-order valence-corrected chi connectivity index (χ1v) is 7.82. The highest BCUT2D eigenvalue weighted by Gasteiger charge is 2.59. The van der Waals surface area contributed by atoms with Gasteiger partial charge in [-0.15, -0.1) is 0 Å². The van der Waals surface area contributed by atoms with E-state index in [1.165, 1.54) is 0 Å². The van der Waals surface area contributed by atoms with Gasteiger partial charge in [-0.1, -0.05) is 23.8 Å². The van der Waals surface area contributed by atoms with Crippen LogP contribution in [0.25, 0.3) is 0 Å². The van der Waals surface area contributed by atoms with Gasteiger partial charge in [-0.2, -0.15) is 13.2 Å². The van der Waals surface area contributed by atoms with Gasteiger partial charge in [0.15, 0.2) is 0 Å². The van der Waals surface area contributed by atoms with Crippen molar-refractivity contribution in [2.75, 3.05) is 0 Å². The molecule has 1 aromatic carbocycles. The molecule has 0 bridgehead atoms. The fourth-order valence-corrected chi connectivity index (χ4v) is 2.61. The smallest absolute Gasteiger partial charge is 0.399 e. The molecule has 8 heteroatoms. The molecule has 2 unspecified atom stereocenters. The zero-order chi connectivity index (χ0) is 21.9. The monoisotopic (exact) mass is 363 g/mol. The van der Waals surface area contributed by atoms with Gasteiger partial charge < -0.3 is 19.5 Å². The highest BCUT2D eigenvalue weighted by Crippen LogP contribution is 2.42. The Morgan fingerprint density at radius 1 is 1.16 bits per heavy atom. The Kier molecular flexibility index (Phi) is 3.85. The van der Waals surface area contributed by atoms with E-state index in [0.29, 0.717) is 0 Å². The molecule has 1 aromatic rings. The molecular formula is C17H24BF3O4. The van der Waals surface area contributed by atoms with Crippen LogP contribution >= 0.6 is 0 Å². The Balaban J connectivity index is 2.69. The summed E-state index contributed by atoms with van der Waals surface area (Å²) in [7, 11) is -1.26. The summed E-state index contributed by atoms with van der Waals surface area (Å²) in [6.07, 6.45) is -7.40. The Morgan fingerprint density at radius 3 is 2.08 bits per heavy atom. The molecule has 0 radical (unpaired) electrons. The summed E-state index contributed by atoms with van der Waals surface area (Å²) < 4.78 is 75.3. The lowest BCUT2D eigenvalue weighted by Gasteiger charge is -2.34. The van der Waals surface area contributed by atoms with Gasteiger partial charge in [-0.3, -0.25) is 0 Å². The first kappa shape index (κ1) is 16.1. The fraction of sp³-hybridized carbons (Fsp3) is 0.647. The summed E-state index contributed by atoms with van der Waals surface area (Å²) in [5.41, 5.74) is -6.41. The van der Waals surface area contributed by atoms with Gasteiger partial charge in [0.2, 0.25) is 5.60 Å². The van der Waals surface area contributed by atoms with Gasteiger partial charge in [0, 0.05) is 4.11 Å². The predicted octanol–water partition coefficient (Wildman–Crippen LogP) is 2.42. The third-order valence-corrected chi connectivity index (χ3v) is 5.04. The number of halogens is 3. The molecule has 0 aliphatic carbocycles. The van der Waals surface area contributed by atoms with Crippen LogP contribution < -0.4 is 5.46 Å². The van der Waals surface area contributed by atoms with E-state index in [4.69, 9.17) is 13.4 Å². The van der Waals surface area contributed by atoms with E-state index >= 15 is 0 Å². The van der Waals surface area contributed by atoms with E-state index in [0.717, 1.165) is 25.1 Å². The van der Waals surface area contributed by atoms with E-state index in [2.05, 4.69) is 0 Å². The molecule has 0 spiro atoms. The molecule has 1 aliphatic heterocycles. The zero-order valence-electron chi connectivity index (χ0n) is 17.7. The molecule has 25 heavy (non-hydrogen) atoms. The van der Waals surface area contributed by atoms with Crippen LogP contribution in [0.15, 0.2) is 18.2 Å². The molecule has 2 rings (SSSR count). The first-order chi connectivity index (χ1) is 12.3. The second-order valence-corrected chi connectivity index (χ2v) is 7.33. The van der Waals surface area contributed by atoms with Crippen LogP contribution in [0.1, 0.15) is 49.9 Å². The molecule has 0 aromatic heterocycles. The number of hydrogen-bond acceptors (Lipinski definition) is 4. The fourth-order valence-electron chi connectivity index (χ4n) is 2.61. The third kappa shape index (κ3) is 3.21. The second-order valence-electron chi connectivity index (χ2n) is 7.33. The molecule has 4 nitrogen and oxygen atoms in total. The van der Waals surface area contributed by atoms with Gasteiger partial charge in [-0.25, -0.2) is 0 Å². The Bertz CT molecular complexity index is 734. The maximum atomic E-state index is 13.5. The molecule has 140 valence electrons. The average molecular weight is 363 g/mol. The van der Waals surface area contributed by atoms with Crippen LogP contribution in [0.3, 0.4) is 0 Å². The largest absolute Gasteiger partial charge is 0.495 e. The van der Waals surface area contributed by atoms with Crippen LogP contribution in [0.2, 0.25) is 0 Å². The number of benzene rings is 1. The van der Waals surface area contributed by atoms with Crippen molar-refractivity contribution in [3.63, 3.8) is 0 Å². The topological polar surface area (TPSA) is 58.9 Å². The van der Waals surface area contributed by atoms with Crippen LogP contribution in [0.4, 0.5) is 13.2 Å². The Labute approximate surface area is 150 Å². The van der Waals surface area contributed by atoms with Crippen LogP contribution in [-0.4, -0.2) is 40.8 Å². The van der Waals surface area contributed by atoms with Crippen molar-refractivity contribution in [1.82, 2.24) is 0 Å². The lowest BCUT2D eigenvalue weighted by molar-refractivity contribution is -0.295. The lowest BCUT2D eigenvalue weighted by Crippen LogP contribution is -2.51. The normalized spacial score (nSPS) is 25.7. The predicted molar refractivity (Wildman–Crippen MR) is 88.5 cm³/mol. The van der Waals surface area contributed by atoms with Crippen molar-refractivity contribution in [2.45, 2.75) is 70.6 Å². The number of aliphatic hydroxyl groups excluding tert-OH is 1. The molecule has 0 amide bonds. The first-order valence-electron chi connectivity index (χ1n) is 9.32. The van der Waals surface area contributed by atoms with Crippen molar-refractivity contribution >= 4 is 12.6 Å². The Morgan fingerprint density at radius 2 is 1.68 bits per heavy atom. The van der Waals surface area contributed by atoms with Crippen molar-refractivity contribution < 1.29 is 36.8 Å². The third-order valence-electron chi connectivity index (χ3n) is 5.04. The number of alkyl halides is 3. The highest BCUT2D eigenvalue weighted by molar-refractivity contribution is 6.62. The van der Waals surface area contributed by atoms with Crippen molar-refractivity contribution in [1.29, 1.82) is 0 Å². The molecular weight excluding hydrogens is 336 g/mol. The number of hydrogen-bond donors (Lipinski definition) is 2. The number of rotatable bonds is 3. The molecule has 1 aliphatic rings. The summed E-state index contributed by atoms with van der Waals surface area (Å²) in [4.78, 5) is 0. The van der Waals surface area contributed by atoms with Gasteiger partial charge in [-0.05, 0) is 52.5 Å². The second kappa shape index (κ2) is 5.98. The number of aliphatic hydroxyl groups is 2. The standard InChI is InChI=1S/C17H24BF3O4/c1-10-7-8-12(16(23,11(2)22)17(19,20)21)9-13(10)18-24-14(3,4)15(5,6)25-18/h7-9,11,22-23H,1-6H3/i1D3. The zero-order valence-corrected chi connectivity index (χ0v) is 14.7. The van der Waals surface area contributed by atoms with Gasteiger partial charge >= 0.3 is 13.3 Å². The molecule has 1 saturated heterocycles. The van der Waals surface area contributed by atoms with Crippen LogP contribution in [0, 0.1) is 6.85 Å². The van der Waals surface area contributed by atoms with Crippen molar-refractivity contribution in [3.8, 4) is 0 Å². The van der Waals surface area contributed by atoms with Crippen molar-refractivity contribution in [2.24, 2.45) is 0 Å². The highest BCUT2D eigenvalue weighted by atomic mass is 19.4. The average Bonchev–Trinajstić information content (AvgIpc) is 2.71. The minimum atomic E-state index is -5.20. The summed E-state index contributed by atoms with van der Waals surface area (Å²) >= 11 is 0. The van der Waals surface area contributed by atoms with Gasteiger partial charge in [0.1, 0.15) is 0 Å². The van der Waals surface area contributed by atoms with E-state index in [1.54, 1.807) is 27.7 Å². The summed E-state index contributed by atoms with van der Waals surface area (Å²) in [5, 5.41) is 19.9. The molecule has 1 heterocycles. The minimum absolute atomic E-state index is 0.153. The molecule has 0 saturated carbocycles. The summed E-state index contributed by atoms with van der Waals surface area (Å²) in [5.74, 6) is 0. The van der Waals surface area contributed by atoms with E-state index < -0.39 is 48.6 Å². The van der Waals surface area contributed by atoms with Gasteiger partial charge in [0.25, 0.3) is 0 Å². The summed E-state index contributed by atoms with van der Waals surface area (Å²) in [6.45, 7) is 5.01. The van der Waals surface area contributed by atoms with E-state index in [-0.39, 0.29) is 11.0 Å². The summed E-state index contributed by atoms with van der Waals surface area (Å²) in [6, 6.07) is 2.70. The van der Waals surface area contributed by atoms with E-state index in [1.807, 2.05) is 0 Å². The maximum Gasteiger partial charge on any atom is 0.495 e. The van der Waals surface area contributed by atoms with Crippen molar-refractivity contribution in [3.05, 3.63) is 29.3 Å². The van der Waals surface area contributed by atoms with Crippen LogP contribution in [-0.2, 0) is 14.9 Å². The molecule has 1 fully saturated rings. The van der Waals surface area contributed by atoms with Gasteiger partial charge in [0.05, 0.1) is 17.3 Å². The lowest BCUT2D eigenvalue weighted by atomic mass is 9.73. The maximum absolute atomic E-state index is 13.5. The minimum Gasteiger partial charge on any atom is -0.399 e. The molecule has 2 N–H and O–H groups in total. The quantitative estimate of drug-likeness (QED) is 0.810. The SMILES string of the molecule is [2H]C([2H])([2H])c1ccc(C(O)(C(C)O)C(F)(F)F)cc1B1OC(C)(C)C(C)(C)O1. The van der Waals surface area contributed by atoms with E-state index in [9.17, 15) is 23.4 Å².